The minimum Gasteiger partial charge on any atom is -0.475 e. The van der Waals surface area contributed by atoms with E-state index in [1.165, 1.54) is 0 Å². The van der Waals surface area contributed by atoms with Gasteiger partial charge in [0, 0.05) is 24.6 Å². The van der Waals surface area contributed by atoms with Crippen LogP contribution >= 0.6 is 0 Å². The zero-order chi connectivity index (χ0) is 14.8. The molecule has 0 unspecified atom stereocenters. The summed E-state index contributed by atoms with van der Waals surface area (Å²) in [6, 6.07) is 7.19. The number of aromatic carboxylic acids is 1. The molecule has 5 nitrogen and oxygen atoms in total. The van der Waals surface area contributed by atoms with E-state index in [1.807, 2.05) is 12.1 Å². The van der Waals surface area contributed by atoms with E-state index < -0.39 is 5.97 Å². The number of fused-ring (bicyclic) bond motifs is 1. The first kappa shape index (κ1) is 14.6. The van der Waals surface area contributed by atoms with E-state index in [9.17, 15) is 4.79 Å². The minimum atomic E-state index is -1.05. The fourth-order valence-corrected chi connectivity index (χ4v) is 2.06. The maximum Gasteiger partial charge on any atom is 0.371 e. The maximum absolute atomic E-state index is 10.9. The first-order chi connectivity index (χ1) is 9.41. The van der Waals surface area contributed by atoms with Crippen molar-refractivity contribution in [1.82, 2.24) is 5.32 Å². The monoisotopic (exact) mass is 277 g/mol. The zero-order valence-corrected chi connectivity index (χ0v) is 11.9. The van der Waals surface area contributed by atoms with Crippen molar-refractivity contribution in [3.05, 3.63) is 35.6 Å². The molecule has 0 aliphatic rings. The molecule has 0 amide bonds. The fourth-order valence-electron chi connectivity index (χ4n) is 2.06. The summed E-state index contributed by atoms with van der Waals surface area (Å²) in [7, 11) is 1.67. The number of carboxylic acids is 1. The van der Waals surface area contributed by atoms with Gasteiger partial charge in [0.1, 0.15) is 5.58 Å². The molecule has 108 valence electrons. The van der Waals surface area contributed by atoms with Crippen molar-refractivity contribution in [1.29, 1.82) is 0 Å². The zero-order valence-electron chi connectivity index (χ0n) is 11.9. The second kappa shape index (κ2) is 5.64. The van der Waals surface area contributed by atoms with Gasteiger partial charge in [-0.05, 0) is 37.6 Å². The third kappa shape index (κ3) is 3.37. The van der Waals surface area contributed by atoms with Crippen LogP contribution in [-0.2, 0) is 11.3 Å². The Kier molecular flexibility index (Phi) is 4.11. The predicted molar refractivity (Wildman–Crippen MR) is 76.0 cm³/mol. The minimum absolute atomic E-state index is 0.0372. The van der Waals surface area contributed by atoms with Gasteiger partial charge in [-0.15, -0.1) is 0 Å². The Bertz CT molecular complexity index is 615. The molecule has 0 aliphatic carbocycles. The highest BCUT2D eigenvalue weighted by Crippen LogP contribution is 2.21. The molecule has 0 fully saturated rings. The molecular formula is C15H19NO4. The molecule has 2 rings (SSSR count). The van der Waals surface area contributed by atoms with Crippen molar-refractivity contribution in [2.45, 2.75) is 25.9 Å². The highest BCUT2D eigenvalue weighted by Gasteiger charge is 2.16. The van der Waals surface area contributed by atoms with E-state index in [1.54, 1.807) is 19.2 Å². The number of methoxy groups -OCH3 is 1. The van der Waals surface area contributed by atoms with Crippen LogP contribution in [0.1, 0.15) is 30.0 Å². The lowest BCUT2D eigenvalue weighted by atomic mass is 10.1. The van der Waals surface area contributed by atoms with E-state index in [0.717, 1.165) is 10.9 Å². The second-order valence-corrected chi connectivity index (χ2v) is 5.46. The normalized spacial score (nSPS) is 11.9. The molecule has 0 radical (unpaired) electrons. The molecule has 5 heteroatoms. The van der Waals surface area contributed by atoms with E-state index >= 15 is 0 Å². The number of carbonyl (C=O) groups is 1. The van der Waals surface area contributed by atoms with E-state index in [2.05, 4.69) is 19.2 Å². The molecule has 0 spiro atoms. The fraction of sp³-hybridized carbons (Fsp3) is 0.400. The average molecular weight is 277 g/mol. The number of rotatable bonds is 6. The number of hydrogen-bond acceptors (Lipinski definition) is 4. The van der Waals surface area contributed by atoms with Crippen molar-refractivity contribution in [3.63, 3.8) is 0 Å². The summed E-state index contributed by atoms with van der Waals surface area (Å²) >= 11 is 0. The van der Waals surface area contributed by atoms with Crippen LogP contribution in [0.25, 0.3) is 11.0 Å². The summed E-state index contributed by atoms with van der Waals surface area (Å²) in [6.45, 7) is 5.43. The van der Waals surface area contributed by atoms with Gasteiger partial charge < -0.3 is 19.6 Å². The van der Waals surface area contributed by atoms with Crippen LogP contribution in [0.5, 0.6) is 0 Å². The van der Waals surface area contributed by atoms with Crippen molar-refractivity contribution in [2.75, 3.05) is 13.7 Å². The topological polar surface area (TPSA) is 71.7 Å². The second-order valence-electron chi connectivity index (χ2n) is 5.46. The van der Waals surface area contributed by atoms with E-state index in [4.69, 9.17) is 14.3 Å². The van der Waals surface area contributed by atoms with Gasteiger partial charge in [-0.2, -0.15) is 0 Å². The summed E-state index contributed by atoms with van der Waals surface area (Å²) in [4.78, 5) is 10.9. The van der Waals surface area contributed by atoms with Crippen LogP contribution in [0.4, 0.5) is 0 Å². The van der Waals surface area contributed by atoms with Gasteiger partial charge in [-0.3, -0.25) is 0 Å². The third-order valence-corrected chi connectivity index (χ3v) is 3.07. The van der Waals surface area contributed by atoms with Crippen LogP contribution in [0.2, 0.25) is 0 Å². The number of ether oxygens (including phenoxy) is 1. The summed E-state index contributed by atoms with van der Waals surface area (Å²) in [5, 5.41) is 13.1. The standard InChI is InChI=1S/C15H19NO4/c1-15(2,9-19-3)16-8-10-4-5-12-11(6-10)7-13(20-12)14(17)18/h4-7,16H,8-9H2,1-3H3,(H,17,18). The molecule has 0 bridgehead atoms. The van der Waals surface area contributed by atoms with Crippen LogP contribution < -0.4 is 5.32 Å². The molecule has 2 aromatic rings. The number of nitrogens with one attached hydrogen (secondary N) is 1. The summed E-state index contributed by atoms with van der Waals surface area (Å²) in [6.07, 6.45) is 0. The summed E-state index contributed by atoms with van der Waals surface area (Å²) in [5.74, 6) is -1.09. The SMILES string of the molecule is COCC(C)(C)NCc1ccc2oc(C(=O)O)cc2c1. The van der Waals surface area contributed by atoms with Gasteiger partial charge in [0.25, 0.3) is 0 Å². The first-order valence-corrected chi connectivity index (χ1v) is 6.41. The molecule has 0 atom stereocenters. The highest BCUT2D eigenvalue weighted by atomic mass is 16.5. The van der Waals surface area contributed by atoms with Crippen LogP contribution in [0.3, 0.4) is 0 Å². The lowest BCUT2D eigenvalue weighted by Crippen LogP contribution is -2.42. The van der Waals surface area contributed by atoms with Gasteiger partial charge in [0.05, 0.1) is 6.61 Å². The Morgan fingerprint density at radius 1 is 1.40 bits per heavy atom. The van der Waals surface area contributed by atoms with Crippen molar-refractivity contribution in [2.24, 2.45) is 0 Å². The number of carboxylic acid groups (broad SMARTS) is 1. The van der Waals surface area contributed by atoms with Crippen molar-refractivity contribution in [3.8, 4) is 0 Å². The number of benzene rings is 1. The summed E-state index contributed by atoms with van der Waals surface area (Å²) in [5.41, 5.74) is 1.54. The largest absolute Gasteiger partial charge is 0.475 e. The van der Waals surface area contributed by atoms with Crippen LogP contribution in [0.15, 0.2) is 28.7 Å². The molecule has 1 aromatic heterocycles. The molecule has 0 aliphatic heterocycles. The quantitative estimate of drug-likeness (QED) is 0.849. The van der Waals surface area contributed by atoms with Gasteiger partial charge in [0.15, 0.2) is 0 Å². The Labute approximate surface area is 117 Å². The first-order valence-electron chi connectivity index (χ1n) is 6.41. The van der Waals surface area contributed by atoms with Gasteiger partial charge in [-0.1, -0.05) is 6.07 Å². The Balaban J connectivity index is 2.13. The lowest BCUT2D eigenvalue weighted by Gasteiger charge is -2.25. The number of hydrogen-bond donors (Lipinski definition) is 2. The predicted octanol–water partition coefficient (Wildman–Crippen LogP) is 2.65. The van der Waals surface area contributed by atoms with E-state index in [0.29, 0.717) is 18.7 Å². The van der Waals surface area contributed by atoms with Crippen LogP contribution in [-0.4, -0.2) is 30.3 Å². The van der Waals surface area contributed by atoms with Gasteiger partial charge in [0.2, 0.25) is 5.76 Å². The Hall–Kier alpha value is -1.85. The molecule has 1 aromatic carbocycles. The smallest absolute Gasteiger partial charge is 0.371 e. The van der Waals surface area contributed by atoms with Crippen LogP contribution in [0, 0.1) is 0 Å². The Morgan fingerprint density at radius 3 is 2.80 bits per heavy atom. The Morgan fingerprint density at radius 2 is 2.15 bits per heavy atom. The average Bonchev–Trinajstić information content (AvgIpc) is 2.79. The third-order valence-electron chi connectivity index (χ3n) is 3.07. The molecule has 0 saturated heterocycles. The molecule has 1 heterocycles. The molecular weight excluding hydrogens is 258 g/mol. The molecule has 2 N–H and O–H groups in total. The van der Waals surface area contributed by atoms with Gasteiger partial charge >= 0.3 is 5.97 Å². The summed E-state index contributed by atoms with van der Waals surface area (Å²) < 4.78 is 10.4. The maximum atomic E-state index is 10.9. The number of furan rings is 1. The van der Waals surface area contributed by atoms with Gasteiger partial charge in [-0.25, -0.2) is 4.79 Å². The van der Waals surface area contributed by atoms with E-state index in [-0.39, 0.29) is 11.3 Å². The van der Waals surface area contributed by atoms with Crippen molar-refractivity contribution < 1.29 is 19.1 Å². The van der Waals surface area contributed by atoms with Crippen molar-refractivity contribution >= 4 is 16.9 Å². The lowest BCUT2D eigenvalue weighted by molar-refractivity contribution is 0.0665. The molecule has 0 saturated carbocycles. The highest BCUT2D eigenvalue weighted by molar-refractivity contribution is 5.91. The molecule has 20 heavy (non-hydrogen) atoms.